The van der Waals surface area contributed by atoms with Crippen molar-refractivity contribution in [1.29, 1.82) is 0 Å². The lowest BCUT2D eigenvalue weighted by Gasteiger charge is -1.89. The molecular weight excluding hydrogens is 159 g/mol. The van der Waals surface area contributed by atoms with Crippen molar-refractivity contribution in [3.8, 4) is 0 Å². The molecule has 0 spiro atoms. The summed E-state index contributed by atoms with van der Waals surface area (Å²) in [4.78, 5) is 2.72. The smallest absolute Gasteiger partial charge is 0.208 e. The minimum atomic E-state index is -0.0116. The maximum atomic E-state index is 12.4. The molecule has 0 bridgehead atoms. The molecule has 0 aliphatic heterocycles. The second-order valence-electron chi connectivity index (χ2n) is 1.40. The molecule has 0 aromatic carbocycles. The van der Waals surface area contributed by atoms with E-state index >= 15 is 0 Å². The van der Waals surface area contributed by atoms with Crippen LogP contribution in [0.2, 0.25) is 0 Å². The number of nitrogens with one attached hydrogen (secondary N) is 1. The van der Waals surface area contributed by atoms with Gasteiger partial charge >= 0.3 is 0 Å². The van der Waals surface area contributed by atoms with Crippen LogP contribution in [-0.2, 0) is 0 Å². The minimum Gasteiger partial charge on any atom is -0.337 e. The normalized spacial score (nSPS) is 9.44. The van der Waals surface area contributed by atoms with Crippen LogP contribution in [0.1, 0.15) is 0 Å². The Labute approximate surface area is 60.9 Å². The van der Waals surface area contributed by atoms with Gasteiger partial charge in [-0.15, -0.1) is 4.79 Å². The van der Waals surface area contributed by atoms with Gasteiger partial charge in [0, 0.05) is 6.20 Å². The van der Waals surface area contributed by atoms with Gasteiger partial charge in [0.15, 0.2) is 0 Å². The van der Waals surface area contributed by atoms with Gasteiger partial charge in [-0.3, -0.25) is 0 Å². The van der Waals surface area contributed by atoms with E-state index in [9.17, 15) is 4.48 Å². The van der Waals surface area contributed by atoms with Crippen molar-refractivity contribution in [1.82, 2.24) is 9.77 Å². The highest BCUT2D eigenvalue weighted by molar-refractivity contribution is 7.72. The fraction of sp³-hybridized carbons (Fsp3) is 0. The highest BCUT2D eigenvalue weighted by Gasteiger charge is 1.86. The van der Waals surface area contributed by atoms with Gasteiger partial charge in [0.05, 0.1) is 0 Å². The Hall–Kier alpha value is -0.550. The minimum absolute atomic E-state index is 0.0116. The lowest BCUT2D eigenvalue weighted by atomic mass is 10.7. The largest absolute Gasteiger partial charge is 0.337 e. The summed E-state index contributed by atoms with van der Waals surface area (Å²) < 4.78 is 12.5. The molecule has 0 atom stereocenters. The summed E-state index contributed by atoms with van der Waals surface area (Å²) in [5, 5.41) is 0. The Morgan fingerprint density at radius 1 is 1.56 bits per heavy atom. The lowest BCUT2D eigenvalue weighted by molar-refractivity contribution is 0.347. The lowest BCUT2D eigenvalue weighted by Crippen LogP contribution is -1.89. The first-order chi connectivity index (χ1) is 4.22. The van der Waals surface area contributed by atoms with Gasteiger partial charge in [0.25, 0.3) is 0 Å². The molecule has 9 heavy (non-hydrogen) atoms. The molecule has 48 valence electrons. The topological polar surface area (TPSA) is 20.7 Å². The predicted octanol–water partition coefficient (Wildman–Crippen LogP) is 2.01. The van der Waals surface area contributed by atoms with E-state index in [-0.39, 0.29) is 14.2 Å². The average molecular weight is 162 g/mol. The van der Waals surface area contributed by atoms with E-state index in [0.29, 0.717) is 0 Å². The zero-order valence-electron chi connectivity index (χ0n) is 4.30. The number of rotatable bonds is 0. The van der Waals surface area contributed by atoms with E-state index < -0.39 is 0 Å². The maximum Gasteiger partial charge on any atom is 0.208 e. The molecule has 5 heteroatoms. The summed E-state index contributed by atoms with van der Waals surface area (Å²) in [7, 11) is 0. The molecule has 0 fully saturated rings. The van der Waals surface area contributed by atoms with Crippen molar-refractivity contribution in [2.75, 3.05) is 0 Å². The van der Waals surface area contributed by atoms with Gasteiger partial charge in [-0.05, 0) is 18.3 Å². The van der Waals surface area contributed by atoms with Gasteiger partial charge in [0.2, 0.25) is 4.77 Å². The number of hydrogen-bond acceptors (Lipinski definition) is 2. The molecule has 0 aliphatic rings. The standard InChI is InChI=1S/C4H3FN2S2/c5-7-3(8)1-2-6-4(7)9/h1-2H,(H,6,9). The van der Waals surface area contributed by atoms with Crippen LogP contribution in [-0.4, -0.2) is 9.77 Å². The van der Waals surface area contributed by atoms with E-state index in [0.717, 1.165) is 0 Å². The Morgan fingerprint density at radius 2 is 2.22 bits per heavy atom. The molecule has 0 radical (unpaired) electrons. The molecule has 1 heterocycles. The molecule has 2 nitrogen and oxygen atoms in total. The summed E-state index contributed by atoms with van der Waals surface area (Å²) >= 11 is 9.05. The molecule has 0 amide bonds. The quantitative estimate of drug-likeness (QED) is 0.589. The van der Waals surface area contributed by atoms with Crippen LogP contribution in [0, 0.1) is 9.41 Å². The average Bonchev–Trinajstić information content (AvgIpc) is 1.83. The van der Waals surface area contributed by atoms with Gasteiger partial charge in [-0.1, -0.05) is 16.7 Å². The fourth-order valence-corrected chi connectivity index (χ4v) is 0.790. The van der Waals surface area contributed by atoms with Gasteiger partial charge in [-0.2, -0.15) is 0 Å². The SMILES string of the molecule is Fn1c(=S)cc[nH]c1=S. The first kappa shape index (κ1) is 6.57. The second kappa shape index (κ2) is 2.36. The Bertz CT molecular complexity index is 285. The van der Waals surface area contributed by atoms with Crippen molar-refractivity contribution < 1.29 is 4.48 Å². The molecule has 1 aromatic rings. The van der Waals surface area contributed by atoms with Gasteiger partial charge in [-0.25, -0.2) is 0 Å². The van der Waals surface area contributed by atoms with E-state index in [4.69, 9.17) is 0 Å². The van der Waals surface area contributed by atoms with Gasteiger partial charge < -0.3 is 4.98 Å². The summed E-state index contributed by atoms with van der Waals surface area (Å²) in [6.07, 6.45) is 1.50. The third-order valence-electron chi connectivity index (χ3n) is 0.805. The fourth-order valence-electron chi connectivity index (χ4n) is 0.406. The van der Waals surface area contributed by atoms with Crippen LogP contribution in [0.5, 0.6) is 0 Å². The molecular formula is C4H3FN2S2. The monoisotopic (exact) mass is 162 g/mol. The summed E-state index contributed by atoms with van der Waals surface area (Å²) in [6.45, 7) is 0. The van der Waals surface area contributed by atoms with E-state index in [1.54, 1.807) is 0 Å². The number of nitrogens with zero attached hydrogens (tertiary/aromatic N) is 1. The van der Waals surface area contributed by atoms with E-state index in [2.05, 4.69) is 29.4 Å². The van der Waals surface area contributed by atoms with Crippen molar-refractivity contribution in [2.45, 2.75) is 0 Å². The third-order valence-corrected chi connectivity index (χ3v) is 1.38. The number of H-pyrrole nitrogens is 1. The van der Waals surface area contributed by atoms with Crippen LogP contribution in [0.15, 0.2) is 12.3 Å². The molecule has 0 saturated heterocycles. The van der Waals surface area contributed by atoms with Crippen LogP contribution in [0.4, 0.5) is 4.48 Å². The first-order valence-corrected chi connectivity index (χ1v) is 3.00. The Balaban J connectivity index is 3.62. The summed E-state index contributed by atoms with van der Waals surface area (Å²) in [5.74, 6) is 0. The van der Waals surface area contributed by atoms with E-state index in [1.165, 1.54) is 12.3 Å². The number of hydrogen-bond donors (Lipinski definition) is 1. The molecule has 1 rings (SSSR count). The van der Waals surface area contributed by atoms with Crippen molar-refractivity contribution in [3.05, 3.63) is 21.7 Å². The first-order valence-electron chi connectivity index (χ1n) is 2.19. The van der Waals surface area contributed by atoms with Crippen LogP contribution >= 0.6 is 24.4 Å². The number of aromatic nitrogens is 2. The van der Waals surface area contributed by atoms with Crippen LogP contribution < -0.4 is 0 Å². The van der Waals surface area contributed by atoms with Crippen molar-refractivity contribution in [3.63, 3.8) is 0 Å². The molecule has 1 aromatic heterocycles. The zero-order valence-corrected chi connectivity index (χ0v) is 5.93. The third kappa shape index (κ3) is 1.22. The summed E-state index contributed by atoms with van der Waals surface area (Å²) in [6, 6.07) is 1.42. The molecule has 0 unspecified atom stereocenters. The zero-order chi connectivity index (χ0) is 6.85. The van der Waals surface area contributed by atoms with E-state index in [1.807, 2.05) is 0 Å². The van der Waals surface area contributed by atoms with Crippen LogP contribution in [0.25, 0.3) is 0 Å². The number of halogens is 1. The Morgan fingerprint density at radius 3 is 2.67 bits per heavy atom. The molecule has 0 saturated carbocycles. The second-order valence-corrected chi connectivity index (χ2v) is 2.21. The van der Waals surface area contributed by atoms with Crippen molar-refractivity contribution in [2.24, 2.45) is 0 Å². The van der Waals surface area contributed by atoms with Gasteiger partial charge in [0.1, 0.15) is 4.64 Å². The maximum absolute atomic E-state index is 12.4. The highest BCUT2D eigenvalue weighted by Crippen LogP contribution is 1.91. The summed E-state index contributed by atoms with van der Waals surface area (Å²) in [5.41, 5.74) is 0. The molecule has 0 aliphatic carbocycles. The predicted molar refractivity (Wildman–Crippen MR) is 37.0 cm³/mol. The van der Waals surface area contributed by atoms with Crippen molar-refractivity contribution >= 4 is 24.4 Å². The number of aromatic amines is 1. The Kier molecular flexibility index (Phi) is 1.73. The van der Waals surface area contributed by atoms with Crippen LogP contribution in [0.3, 0.4) is 0 Å². The molecule has 1 N–H and O–H groups in total. The highest BCUT2D eigenvalue weighted by atomic mass is 32.1.